The zero-order chi connectivity index (χ0) is 17.5. The van der Waals surface area contributed by atoms with Gasteiger partial charge in [-0.2, -0.15) is 0 Å². The second-order valence-corrected chi connectivity index (χ2v) is 7.32. The lowest BCUT2D eigenvalue weighted by Gasteiger charge is -2.41. The molecule has 1 aromatic heterocycles. The zero-order valence-electron chi connectivity index (χ0n) is 14.6. The molecule has 3 heterocycles. The van der Waals surface area contributed by atoms with Gasteiger partial charge in [-0.05, 0) is 39.2 Å². The largest absolute Gasteiger partial charge is 0.340 e. The molecular weight excluding hydrogens is 306 g/mol. The van der Waals surface area contributed by atoms with Crippen molar-refractivity contribution in [3.8, 4) is 0 Å². The normalized spacial score (nSPS) is 24.2. The summed E-state index contributed by atoms with van der Waals surface area (Å²) in [5, 5.41) is 0. The summed E-state index contributed by atoms with van der Waals surface area (Å²) in [4.78, 5) is 40.9. The van der Waals surface area contributed by atoms with Crippen molar-refractivity contribution in [2.75, 3.05) is 19.6 Å². The van der Waals surface area contributed by atoms with Gasteiger partial charge in [0.05, 0.1) is 11.0 Å². The number of likely N-dealkylation sites (tertiary alicyclic amines) is 2. The van der Waals surface area contributed by atoms with Crippen LogP contribution in [0.1, 0.15) is 43.5 Å². The Morgan fingerprint density at radius 3 is 2.58 bits per heavy atom. The van der Waals surface area contributed by atoms with E-state index in [4.69, 9.17) is 0 Å². The van der Waals surface area contributed by atoms with Crippen LogP contribution in [0, 0.1) is 5.41 Å². The van der Waals surface area contributed by atoms with Crippen molar-refractivity contribution < 1.29 is 9.59 Å². The highest BCUT2D eigenvalue weighted by molar-refractivity contribution is 5.95. The molecule has 0 bridgehead atoms. The van der Waals surface area contributed by atoms with Gasteiger partial charge in [0, 0.05) is 45.0 Å². The standard InChI is InChI=1S/C18H25N3O3/c1-13(2)21-9-4-7-18(17(21)24)8-10-20(12-18)16(23)14-5-6-15(22)19(3)11-14/h5-6,11,13H,4,7-10,12H2,1-3H3/t18-/m1/s1. The van der Waals surface area contributed by atoms with Gasteiger partial charge in [0.1, 0.15) is 0 Å². The highest BCUT2D eigenvalue weighted by atomic mass is 16.2. The van der Waals surface area contributed by atoms with Gasteiger partial charge in [-0.3, -0.25) is 14.4 Å². The van der Waals surface area contributed by atoms with E-state index in [1.807, 2.05) is 18.7 Å². The van der Waals surface area contributed by atoms with Gasteiger partial charge in [0.2, 0.25) is 11.5 Å². The molecule has 6 heteroatoms. The molecule has 0 aliphatic carbocycles. The van der Waals surface area contributed by atoms with Crippen LogP contribution in [0.15, 0.2) is 23.1 Å². The Bertz CT molecular complexity index is 724. The second-order valence-electron chi connectivity index (χ2n) is 7.32. The van der Waals surface area contributed by atoms with E-state index < -0.39 is 5.41 Å². The van der Waals surface area contributed by atoms with Crippen molar-refractivity contribution in [2.24, 2.45) is 12.5 Å². The van der Waals surface area contributed by atoms with Crippen LogP contribution in [0.3, 0.4) is 0 Å². The molecule has 0 saturated carbocycles. The quantitative estimate of drug-likeness (QED) is 0.819. The van der Waals surface area contributed by atoms with E-state index in [0.29, 0.717) is 18.7 Å². The smallest absolute Gasteiger partial charge is 0.255 e. The first-order chi connectivity index (χ1) is 11.3. The molecule has 0 radical (unpaired) electrons. The van der Waals surface area contributed by atoms with Gasteiger partial charge < -0.3 is 14.4 Å². The summed E-state index contributed by atoms with van der Waals surface area (Å²) in [6.45, 7) is 5.97. The SMILES string of the molecule is CC(C)N1CCC[C@]2(CCN(C(=O)c3ccc(=O)n(C)c3)C2)C1=O. The first-order valence-electron chi connectivity index (χ1n) is 8.61. The number of hydrogen-bond donors (Lipinski definition) is 0. The molecule has 1 atom stereocenters. The fraction of sp³-hybridized carbons (Fsp3) is 0.611. The lowest BCUT2D eigenvalue weighted by atomic mass is 9.78. The number of amides is 2. The van der Waals surface area contributed by atoms with Gasteiger partial charge in [-0.15, -0.1) is 0 Å². The van der Waals surface area contributed by atoms with Gasteiger partial charge in [-0.25, -0.2) is 0 Å². The Hall–Kier alpha value is -2.11. The number of hydrogen-bond acceptors (Lipinski definition) is 3. The van der Waals surface area contributed by atoms with Crippen LogP contribution in [0.25, 0.3) is 0 Å². The summed E-state index contributed by atoms with van der Waals surface area (Å²) in [5.41, 5.74) is -0.0589. The molecule has 0 unspecified atom stereocenters. The Labute approximate surface area is 142 Å². The Kier molecular flexibility index (Phi) is 4.24. The first-order valence-corrected chi connectivity index (χ1v) is 8.61. The molecular formula is C18H25N3O3. The molecule has 0 aromatic carbocycles. The molecule has 1 spiro atoms. The number of nitrogens with zero attached hydrogens (tertiary/aromatic N) is 3. The van der Waals surface area contributed by atoms with Crippen molar-refractivity contribution in [3.05, 3.63) is 34.2 Å². The highest BCUT2D eigenvalue weighted by Crippen LogP contribution is 2.41. The van der Waals surface area contributed by atoms with Gasteiger partial charge in [0.25, 0.3) is 5.91 Å². The van der Waals surface area contributed by atoms with E-state index in [-0.39, 0.29) is 23.4 Å². The van der Waals surface area contributed by atoms with Crippen LogP contribution in [-0.2, 0) is 11.8 Å². The zero-order valence-corrected chi connectivity index (χ0v) is 14.6. The molecule has 2 fully saturated rings. The predicted octanol–water partition coefficient (Wildman–Crippen LogP) is 1.25. The molecule has 6 nitrogen and oxygen atoms in total. The summed E-state index contributed by atoms with van der Waals surface area (Å²) < 4.78 is 1.41. The third-order valence-corrected chi connectivity index (χ3v) is 5.37. The summed E-state index contributed by atoms with van der Waals surface area (Å²) in [6, 6.07) is 3.17. The molecule has 1 aromatic rings. The van der Waals surface area contributed by atoms with Crippen LogP contribution in [0.4, 0.5) is 0 Å². The monoisotopic (exact) mass is 331 g/mol. The number of rotatable bonds is 2. The fourth-order valence-corrected chi connectivity index (χ4v) is 3.92. The predicted molar refractivity (Wildman–Crippen MR) is 90.7 cm³/mol. The van der Waals surface area contributed by atoms with Crippen LogP contribution < -0.4 is 5.56 Å². The minimum absolute atomic E-state index is 0.100. The summed E-state index contributed by atoms with van der Waals surface area (Å²) in [6.07, 6.45) is 4.14. The number of aryl methyl sites for hydroxylation is 1. The molecule has 0 N–H and O–H groups in total. The number of aromatic nitrogens is 1. The second kappa shape index (κ2) is 6.07. The number of carbonyl (C=O) groups is 2. The average Bonchev–Trinajstić information content (AvgIpc) is 2.97. The van der Waals surface area contributed by atoms with Crippen LogP contribution in [-0.4, -0.2) is 51.9 Å². The minimum Gasteiger partial charge on any atom is -0.340 e. The van der Waals surface area contributed by atoms with Crippen LogP contribution >= 0.6 is 0 Å². The van der Waals surface area contributed by atoms with Gasteiger partial charge >= 0.3 is 0 Å². The Balaban J connectivity index is 1.79. The van der Waals surface area contributed by atoms with Crippen LogP contribution in [0.2, 0.25) is 0 Å². The maximum absolute atomic E-state index is 12.9. The number of piperidine rings is 1. The molecule has 2 aliphatic heterocycles. The highest BCUT2D eigenvalue weighted by Gasteiger charge is 2.49. The molecule has 130 valence electrons. The van der Waals surface area contributed by atoms with Crippen molar-refractivity contribution in [1.29, 1.82) is 0 Å². The Morgan fingerprint density at radius 1 is 1.17 bits per heavy atom. The molecule has 2 amide bonds. The fourth-order valence-electron chi connectivity index (χ4n) is 3.92. The van der Waals surface area contributed by atoms with E-state index in [2.05, 4.69) is 0 Å². The molecule has 2 aliphatic rings. The van der Waals surface area contributed by atoms with E-state index in [1.54, 1.807) is 24.2 Å². The maximum Gasteiger partial charge on any atom is 0.255 e. The minimum atomic E-state index is -0.418. The first kappa shape index (κ1) is 16.7. The van der Waals surface area contributed by atoms with E-state index in [1.165, 1.54) is 10.6 Å². The van der Waals surface area contributed by atoms with Gasteiger partial charge in [0.15, 0.2) is 0 Å². The summed E-state index contributed by atoms with van der Waals surface area (Å²) in [7, 11) is 1.63. The summed E-state index contributed by atoms with van der Waals surface area (Å²) >= 11 is 0. The van der Waals surface area contributed by atoms with Crippen LogP contribution in [0.5, 0.6) is 0 Å². The number of carbonyl (C=O) groups excluding carboxylic acids is 2. The average molecular weight is 331 g/mol. The Morgan fingerprint density at radius 2 is 1.92 bits per heavy atom. The van der Waals surface area contributed by atoms with E-state index in [9.17, 15) is 14.4 Å². The third kappa shape index (κ3) is 2.74. The van der Waals surface area contributed by atoms with E-state index >= 15 is 0 Å². The molecule has 2 saturated heterocycles. The third-order valence-electron chi connectivity index (χ3n) is 5.37. The van der Waals surface area contributed by atoms with Crippen molar-refractivity contribution in [1.82, 2.24) is 14.4 Å². The lowest BCUT2D eigenvalue weighted by Crippen LogP contribution is -2.52. The van der Waals surface area contributed by atoms with Crippen molar-refractivity contribution in [2.45, 2.75) is 39.2 Å². The molecule has 24 heavy (non-hydrogen) atoms. The van der Waals surface area contributed by atoms with Crippen molar-refractivity contribution >= 4 is 11.8 Å². The van der Waals surface area contributed by atoms with Crippen molar-refractivity contribution in [3.63, 3.8) is 0 Å². The lowest BCUT2D eigenvalue weighted by molar-refractivity contribution is -0.147. The number of pyridine rings is 1. The maximum atomic E-state index is 12.9. The van der Waals surface area contributed by atoms with Gasteiger partial charge in [-0.1, -0.05) is 0 Å². The molecule has 3 rings (SSSR count). The summed E-state index contributed by atoms with van der Waals surface area (Å²) in [5.74, 6) is 0.0939. The van der Waals surface area contributed by atoms with E-state index in [0.717, 1.165) is 25.8 Å². The topological polar surface area (TPSA) is 62.6 Å².